The van der Waals surface area contributed by atoms with Crippen LogP contribution in [0.3, 0.4) is 0 Å². The Kier molecular flexibility index (Phi) is 4.07. The molecule has 0 bridgehead atoms. The summed E-state index contributed by atoms with van der Waals surface area (Å²) in [5.74, 6) is 1.31. The van der Waals surface area contributed by atoms with Crippen molar-refractivity contribution in [2.45, 2.75) is 31.1 Å². The second-order valence-corrected chi connectivity index (χ2v) is 6.57. The van der Waals surface area contributed by atoms with E-state index in [2.05, 4.69) is 22.1 Å². The Morgan fingerprint density at radius 1 is 1.20 bits per heavy atom. The highest BCUT2D eigenvalue weighted by molar-refractivity contribution is 5.44. The van der Waals surface area contributed by atoms with Crippen LogP contribution >= 0.6 is 0 Å². The molecule has 2 atom stereocenters. The summed E-state index contributed by atoms with van der Waals surface area (Å²) in [4.78, 5) is 7.59. The Bertz CT molecular complexity index is 907. The van der Waals surface area contributed by atoms with Gasteiger partial charge in [0.15, 0.2) is 0 Å². The number of aryl methyl sites for hydroxylation is 1. The molecule has 1 N–H and O–H groups in total. The molecule has 1 heterocycles. The molecule has 0 saturated carbocycles. The van der Waals surface area contributed by atoms with Crippen molar-refractivity contribution in [2.75, 3.05) is 0 Å². The Morgan fingerprint density at radius 3 is 2.76 bits per heavy atom. The Balaban J connectivity index is 1.75. The lowest BCUT2D eigenvalue weighted by Crippen LogP contribution is -2.22. The molecular formula is C21H18FN3. The van der Waals surface area contributed by atoms with E-state index in [1.165, 1.54) is 23.3 Å². The molecule has 124 valence electrons. The van der Waals surface area contributed by atoms with Gasteiger partial charge in [-0.1, -0.05) is 18.2 Å². The molecule has 1 aliphatic rings. The maximum atomic E-state index is 13.3. The minimum absolute atomic E-state index is 0.207. The number of benzene rings is 2. The number of H-pyrrole nitrogens is 1. The Hall–Kier alpha value is -2.93. The van der Waals surface area contributed by atoms with Crippen LogP contribution in [-0.2, 0) is 12.8 Å². The van der Waals surface area contributed by atoms with Crippen molar-refractivity contribution in [3.63, 3.8) is 0 Å². The first kappa shape index (κ1) is 15.6. The highest BCUT2D eigenvalue weighted by Gasteiger charge is 2.31. The number of rotatable bonds is 3. The van der Waals surface area contributed by atoms with Crippen LogP contribution in [0, 0.1) is 17.1 Å². The van der Waals surface area contributed by atoms with Crippen molar-refractivity contribution in [3.8, 4) is 6.07 Å². The number of fused-ring (bicyclic) bond motifs is 1. The third-order valence-corrected chi connectivity index (χ3v) is 5.15. The molecular weight excluding hydrogens is 313 g/mol. The number of hydrogen-bond acceptors (Lipinski definition) is 2. The maximum absolute atomic E-state index is 13.3. The topological polar surface area (TPSA) is 52.5 Å². The van der Waals surface area contributed by atoms with Gasteiger partial charge in [-0.05, 0) is 65.6 Å². The molecule has 4 rings (SSSR count). The first-order chi connectivity index (χ1) is 12.2. The predicted octanol–water partition coefficient (Wildman–Crippen LogP) is 4.48. The second kappa shape index (κ2) is 6.52. The number of nitriles is 1. The van der Waals surface area contributed by atoms with Gasteiger partial charge >= 0.3 is 0 Å². The van der Waals surface area contributed by atoms with Crippen LogP contribution in [0.5, 0.6) is 0 Å². The van der Waals surface area contributed by atoms with Crippen LogP contribution in [0.1, 0.15) is 46.3 Å². The highest BCUT2D eigenvalue weighted by atomic mass is 19.1. The zero-order chi connectivity index (χ0) is 17.2. The van der Waals surface area contributed by atoms with Crippen LogP contribution in [0.15, 0.2) is 54.9 Å². The monoisotopic (exact) mass is 331 g/mol. The minimum Gasteiger partial charge on any atom is -0.349 e. The normalized spacial score (nSPS) is 19.2. The lowest BCUT2D eigenvalue weighted by atomic mass is 9.70. The third kappa shape index (κ3) is 3.06. The second-order valence-electron chi connectivity index (χ2n) is 6.57. The van der Waals surface area contributed by atoms with Crippen molar-refractivity contribution in [3.05, 3.63) is 88.8 Å². The van der Waals surface area contributed by atoms with Gasteiger partial charge in [0, 0.05) is 18.8 Å². The fourth-order valence-corrected chi connectivity index (χ4v) is 3.96. The summed E-state index contributed by atoms with van der Waals surface area (Å²) in [5.41, 5.74) is 4.38. The van der Waals surface area contributed by atoms with E-state index in [4.69, 9.17) is 5.26 Å². The molecule has 4 heteroatoms. The summed E-state index contributed by atoms with van der Waals surface area (Å²) >= 11 is 0. The first-order valence-electron chi connectivity index (χ1n) is 8.51. The molecule has 0 aliphatic heterocycles. The SMILES string of the molecule is N#Cc1ccc2c(c1)CC[C@H](c1ccc(F)cc1)[C@@H]2Cc1ncc[nH]1. The molecule has 25 heavy (non-hydrogen) atoms. The fraction of sp³-hybridized carbons (Fsp3) is 0.238. The van der Waals surface area contributed by atoms with Gasteiger partial charge in [0.25, 0.3) is 0 Å². The zero-order valence-electron chi connectivity index (χ0n) is 13.7. The Labute approximate surface area is 146 Å². The van der Waals surface area contributed by atoms with E-state index < -0.39 is 0 Å². The number of halogens is 1. The van der Waals surface area contributed by atoms with E-state index in [9.17, 15) is 4.39 Å². The maximum Gasteiger partial charge on any atom is 0.123 e. The van der Waals surface area contributed by atoms with E-state index >= 15 is 0 Å². The quantitative estimate of drug-likeness (QED) is 0.769. The molecule has 0 amide bonds. The van der Waals surface area contributed by atoms with Crippen molar-refractivity contribution in [1.29, 1.82) is 5.26 Å². The lowest BCUT2D eigenvalue weighted by molar-refractivity contribution is 0.464. The van der Waals surface area contributed by atoms with Gasteiger partial charge in [-0.25, -0.2) is 9.37 Å². The number of aromatic nitrogens is 2. The molecule has 0 saturated heterocycles. The van der Waals surface area contributed by atoms with Gasteiger partial charge in [0.2, 0.25) is 0 Å². The molecule has 0 unspecified atom stereocenters. The number of aromatic amines is 1. The van der Waals surface area contributed by atoms with Crippen LogP contribution < -0.4 is 0 Å². The number of imidazole rings is 1. The molecule has 3 aromatic rings. The lowest BCUT2D eigenvalue weighted by Gasteiger charge is -2.34. The molecule has 1 aromatic heterocycles. The molecule has 1 aliphatic carbocycles. The first-order valence-corrected chi connectivity index (χ1v) is 8.51. The Morgan fingerprint density at radius 2 is 2.04 bits per heavy atom. The zero-order valence-corrected chi connectivity index (χ0v) is 13.7. The standard InChI is InChI=1S/C21H18FN3/c22-17-5-2-15(3-6-17)18-8-4-16-11-14(13-23)1-7-19(16)20(18)12-21-24-9-10-25-21/h1-3,5-7,9-11,18,20H,4,8,12H2,(H,24,25)/t18-,20+/m1/s1. The minimum atomic E-state index is -0.207. The number of nitrogens with zero attached hydrogens (tertiary/aromatic N) is 2. The predicted molar refractivity (Wildman–Crippen MR) is 93.7 cm³/mol. The van der Waals surface area contributed by atoms with Crippen LogP contribution in [0.25, 0.3) is 0 Å². The number of hydrogen-bond donors (Lipinski definition) is 1. The van der Waals surface area contributed by atoms with Gasteiger partial charge in [-0.2, -0.15) is 5.26 Å². The van der Waals surface area contributed by atoms with Gasteiger partial charge < -0.3 is 4.98 Å². The van der Waals surface area contributed by atoms with E-state index in [1.807, 2.05) is 30.5 Å². The average Bonchev–Trinajstić information content (AvgIpc) is 3.15. The van der Waals surface area contributed by atoms with Gasteiger partial charge in [-0.15, -0.1) is 0 Å². The van der Waals surface area contributed by atoms with E-state index in [0.717, 1.165) is 30.7 Å². The van der Waals surface area contributed by atoms with E-state index in [-0.39, 0.29) is 11.7 Å². The van der Waals surface area contributed by atoms with E-state index in [1.54, 1.807) is 6.20 Å². The van der Waals surface area contributed by atoms with Gasteiger partial charge in [0.05, 0.1) is 11.6 Å². The summed E-state index contributed by atoms with van der Waals surface area (Å²) in [6.45, 7) is 0. The van der Waals surface area contributed by atoms with Crippen molar-refractivity contribution in [1.82, 2.24) is 9.97 Å². The van der Waals surface area contributed by atoms with Crippen LogP contribution in [0.4, 0.5) is 4.39 Å². The van der Waals surface area contributed by atoms with Crippen molar-refractivity contribution >= 4 is 0 Å². The average molecular weight is 331 g/mol. The highest BCUT2D eigenvalue weighted by Crippen LogP contribution is 2.44. The third-order valence-electron chi connectivity index (χ3n) is 5.15. The van der Waals surface area contributed by atoms with Crippen LogP contribution in [-0.4, -0.2) is 9.97 Å². The van der Waals surface area contributed by atoms with Crippen molar-refractivity contribution in [2.24, 2.45) is 0 Å². The number of nitrogens with one attached hydrogen (secondary N) is 1. The van der Waals surface area contributed by atoms with E-state index in [0.29, 0.717) is 11.5 Å². The summed E-state index contributed by atoms with van der Waals surface area (Å²) in [7, 11) is 0. The van der Waals surface area contributed by atoms with Gasteiger partial charge in [-0.3, -0.25) is 0 Å². The molecule has 2 aromatic carbocycles. The molecule has 0 fully saturated rings. The summed E-state index contributed by atoms with van der Waals surface area (Å²) < 4.78 is 13.3. The molecule has 3 nitrogen and oxygen atoms in total. The molecule has 0 spiro atoms. The largest absolute Gasteiger partial charge is 0.349 e. The van der Waals surface area contributed by atoms with Gasteiger partial charge in [0.1, 0.15) is 11.6 Å². The molecule has 0 radical (unpaired) electrons. The summed E-state index contributed by atoms with van der Waals surface area (Å²) in [5, 5.41) is 9.17. The van der Waals surface area contributed by atoms with Crippen LogP contribution in [0.2, 0.25) is 0 Å². The van der Waals surface area contributed by atoms with Crippen molar-refractivity contribution < 1.29 is 4.39 Å². The fourth-order valence-electron chi connectivity index (χ4n) is 3.96. The smallest absolute Gasteiger partial charge is 0.123 e. The summed E-state index contributed by atoms with van der Waals surface area (Å²) in [6, 6.07) is 15.1. The summed E-state index contributed by atoms with van der Waals surface area (Å²) in [6.07, 6.45) is 6.32.